The first-order valence-corrected chi connectivity index (χ1v) is 6.63. The van der Waals surface area contributed by atoms with E-state index in [-0.39, 0.29) is 0 Å². The SMILES string of the molecule is Cc1cc(CN)cc(C)c1Oc1ncc(I)cn1. The van der Waals surface area contributed by atoms with Gasteiger partial charge in [-0.2, -0.15) is 0 Å². The van der Waals surface area contributed by atoms with Crippen molar-refractivity contribution < 1.29 is 4.74 Å². The quantitative estimate of drug-likeness (QED) is 0.860. The first-order chi connectivity index (χ1) is 8.60. The standard InChI is InChI=1S/C13H14IN3O/c1-8-3-10(5-15)4-9(2)12(8)18-13-16-6-11(14)7-17-13/h3-4,6-7H,5,15H2,1-2H3. The molecule has 5 heteroatoms. The van der Waals surface area contributed by atoms with Gasteiger partial charge < -0.3 is 10.5 Å². The molecule has 0 aliphatic heterocycles. The van der Waals surface area contributed by atoms with Crippen LogP contribution < -0.4 is 10.5 Å². The second kappa shape index (κ2) is 5.62. The van der Waals surface area contributed by atoms with Gasteiger partial charge in [-0.3, -0.25) is 0 Å². The minimum atomic E-state index is 0.363. The summed E-state index contributed by atoms with van der Waals surface area (Å²) in [6, 6.07) is 4.41. The monoisotopic (exact) mass is 355 g/mol. The predicted molar refractivity (Wildman–Crippen MR) is 78.6 cm³/mol. The second-order valence-corrected chi connectivity index (χ2v) is 5.29. The summed E-state index contributed by atoms with van der Waals surface area (Å²) in [5, 5.41) is 0. The van der Waals surface area contributed by atoms with E-state index >= 15 is 0 Å². The molecule has 94 valence electrons. The van der Waals surface area contributed by atoms with Gasteiger partial charge in [-0.05, 0) is 53.1 Å². The van der Waals surface area contributed by atoms with E-state index in [1.807, 2.05) is 26.0 Å². The Hall–Kier alpha value is -1.21. The highest BCUT2D eigenvalue weighted by molar-refractivity contribution is 14.1. The highest BCUT2D eigenvalue weighted by Gasteiger charge is 2.08. The van der Waals surface area contributed by atoms with Crippen molar-refractivity contribution >= 4 is 22.6 Å². The van der Waals surface area contributed by atoms with Gasteiger partial charge in [0.1, 0.15) is 5.75 Å². The number of halogens is 1. The Morgan fingerprint density at radius 3 is 2.22 bits per heavy atom. The Morgan fingerprint density at radius 1 is 1.17 bits per heavy atom. The number of aryl methyl sites for hydroxylation is 2. The number of nitrogens with two attached hydrogens (primary N) is 1. The molecule has 0 fully saturated rings. The van der Waals surface area contributed by atoms with E-state index in [1.54, 1.807) is 12.4 Å². The smallest absolute Gasteiger partial charge is 0.321 e. The topological polar surface area (TPSA) is 61.0 Å². The highest BCUT2D eigenvalue weighted by Crippen LogP contribution is 2.28. The van der Waals surface area contributed by atoms with Gasteiger partial charge in [0.05, 0.1) is 0 Å². The van der Waals surface area contributed by atoms with Gasteiger partial charge in [0, 0.05) is 22.5 Å². The maximum atomic E-state index is 5.73. The van der Waals surface area contributed by atoms with Crippen LogP contribution in [-0.4, -0.2) is 9.97 Å². The van der Waals surface area contributed by atoms with Crippen molar-refractivity contribution in [3.05, 3.63) is 44.8 Å². The van der Waals surface area contributed by atoms with E-state index < -0.39 is 0 Å². The van der Waals surface area contributed by atoms with Gasteiger partial charge in [0.15, 0.2) is 0 Å². The van der Waals surface area contributed by atoms with Crippen LogP contribution >= 0.6 is 22.6 Å². The minimum absolute atomic E-state index is 0.363. The van der Waals surface area contributed by atoms with Gasteiger partial charge in [-0.1, -0.05) is 12.1 Å². The van der Waals surface area contributed by atoms with Crippen molar-refractivity contribution in [2.75, 3.05) is 0 Å². The largest absolute Gasteiger partial charge is 0.424 e. The number of hydrogen-bond acceptors (Lipinski definition) is 4. The van der Waals surface area contributed by atoms with Crippen LogP contribution in [0.5, 0.6) is 11.8 Å². The lowest BCUT2D eigenvalue weighted by atomic mass is 10.1. The fraction of sp³-hybridized carbons (Fsp3) is 0.231. The third-order valence-electron chi connectivity index (χ3n) is 2.55. The molecule has 1 aromatic heterocycles. The zero-order valence-corrected chi connectivity index (χ0v) is 12.4. The zero-order chi connectivity index (χ0) is 13.1. The molecule has 4 nitrogen and oxygen atoms in total. The summed E-state index contributed by atoms with van der Waals surface area (Å²) in [6.45, 7) is 4.52. The molecule has 2 aromatic rings. The van der Waals surface area contributed by atoms with E-state index in [0.717, 1.165) is 26.0 Å². The van der Waals surface area contributed by atoms with E-state index in [4.69, 9.17) is 10.5 Å². The first-order valence-electron chi connectivity index (χ1n) is 5.55. The highest BCUT2D eigenvalue weighted by atomic mass is 127. The Kier molecular flexibility index (Phi) is 4.13. The molecule has 0 unspecified atom stereocenters. The molecule has 18 heavy (non-hydrogen) atoms. The fourth-order valence-corrected chi connectivity index (χ4v) is 2.04. The summed E-state index contributed by atoms with van der Waals surface area (Å²) in [4.78, 5) is 8.27. The number of rotatable bonds is 3. The van der Waals surface area contributed by atoms with Gasteiger partial charge in [-0.25, -0.2) is 9.97 Å². The molecule has 0 aliphatic rings. The zero-order valence-electron chi connectivity index (χ0n) is 10.3. The average Bonchev–Trinajstić information content (AvgIpc) is 2.35. The Labute approximate surface area is 120 Å². The second-order valence-electron chi connectivity index (χ2n) is 4.05. The Bertz CT molecular complexity index is 532. The maximum Gasteiger partial charge on any atom is 0.321 e. The minimum Gasteiger partial charge on any atom is -0.424 e. The van der Waals surface area contributed by atoms with Crippen molar-refractivity contribution in [2.24, 2.45) is 5.73 Å². The van der Waals surface area contributed by atoms with Crippen LogP contribution in [0.1, 0.15) is 16.7 Å². The van der Waals surface area contributed by atoms with E-state index in [0.29, 0.717) is 12.6 Å². The Balaban J connectivity index is 2.31. The number of hydrogen-bond donors (Lipinski definition) is 1. The van der Waals surface area contributed by atoms with Crippen molar-refractivity contribution in [2.45, 2.75) is 20.4 Å². The van der Waals surface area contributed by atoms with Crippen molar-refractivity contribution in [3.8, 4) is 11.8 Å². The lowest BCUT2D eigenvalue weighted by molar-refractivity contribution is 0.435. The van der Waals surface area contributed by atoms with Crippen LogP contribution in [0.15, 0.2) is 24.5 Å². The predicted octanol–water partition coefficient (Wildman–Crippen LogP) is 2.95. The van der Waals surface area contributed by atoms with E-state index in [1.165, 1.54) is 0 Å². The summed E-state index contributed by atoms with van der Waals surface area (Å²) in [5.41, 5.74) is 8.82. The molecule has 2 rings (SSSR count). The average molecular weight is 355 g/mol. The van der Waals surface area contributed by atoms with Crippen LogP contribution in [0.4, 0.5) is 0 Å². The third kappa shape index (κ3) is 2.97. The van der Waals surface area contributed by atoms with Crippen LogP contribution in [0.3, 0.4) is 0 Å². The van der Waals surface area contributed by atoms with Gasteiger partial charge in [0.25, 0.3) is 0 Å². The maximum absolute atomic E-state index is 5.73. The fourth-order valence-electron chi connectivity index (χ4n) is 1.76. The molecule has 0 saturated heterocycles. The van der Waals surface area contributed by atoms with Gasteiger partial charge in [0.2, 0.25) is 0 Å². The van der Waals surface area contributed by atoms with E-state index in [2.05, 4.69) is 32.6 Å². The summed E-state index contributed by atoms with van der Waals surface area (Å²) in [5.74, 6) is 0.799. The number of aromatic nitrogens is 2. The van der Waals surface area contributed by atoms with Gasteiger partial charge >= 0.3 is 6.01 Å². The molecule has 0 bridgehead atoms. The molecule has 0 amide bonds. The lowest BCUT2D eigenvalue weighted by Gasteiger charge is -2.11. The third-order valence-corrected chi connectivity index (χ3v) is 3.10. The molecule has 0 spiro atoms. The van der Waals surface area contributed by atoms with Crippen LogP contribution in [-0.2, 0) is 6.54 Å². The van der Waals surface area contributed by atoms with Crippen LogP contribution in [0, 0.1) is 17.4 Å². The van der Waals surface area contributed by atoms with Gasteiger partial charge in [-0.15, -0.1) is 0 Å². The number of ether oxygens (including phenoxy) is 1. The summed E-state index contributed by atoms with van der Waals surface area (Å²) >= 11 is 2.16. The van der Waals surface area contributed by atoms with Crippen LogP contribution in [0.25, 0.3) is 0 Å². The molecule has 0 atom stereocenters. The van der Waals surface area contributed by atoms with E-state index in [9.17, 15) is 0 Å². The normalized spacial score (nSPS) is 10.4. The first kappa shape index (κ1) is 13.2. The van der Waals surface area contributed by atoms with Crippen LogP contribution in [0.2, 0.25) is 0 Å². The molecule has 2 N–H and O–H groups in total. The molecule has 0 aliphatic carbocycles. The Morgan fingerprint density at radius 2 is 1.72 bits per heavy atom. The molecule has 0 radical (unpaired) electrons. The molecular weight excluding hydrogens is 341 g/mol. The summed E-state index contributed by atoms with van der Waals surface area (Å²) in [6.07, 6.45) is 3.45. The molecule has 1 heterocycles. The van der Waals surface area contributed by atoms with Crippen molar-refractivity contribution in [1.82, 2.24) is 9.97 Å². The number of benzene rings is 1. The summed E-state index contributed by atoms with van der Waals surface area (Å²) in [7, 11) is 0. The van der Waals surface area contributed by atoms with Crippen molar-refractivity contribution in [3.63, 3.8) is 0 Å². The lowest BCUT2D eigenvalue weighted by Crippen LogP contribution is -2.00. The van der Waals surface area contributed by atoms with Crippen molar-refractivity contribution in [1.29, 1.82) is 0 Å². The number of nitrogens with zero attached hydrogens (tertiary/aromatic N) is 2. The summed E-state index contributed by atoms with van der Waals surface area (Å²) < 4.78 is 6.71. The molecular formula is C13H14IN3O. The molecule has 1 aromatic carbocycles. The molecule has 0 saturated carbocycles.